The van der Waals surface area contributed by atoms with Crippen LogP contribution in [0, 0.1) is 58.7 Å². The third kappa shape index (κ3) is 9.98. The van der Waals surface area contributed by atoms with Gasteiger partial charge in [0.1, 0.15) is 12.1 Å². The minimum Gasteiger partial charge on any atom is -0.394 e. The number of hydrogen-bond donors (Lipinski definition) is 4. The molecule has 0 aromatic carbocycles. The number of carbonyl (C=O) groups is 2. The Labute approximate surface area is 339 Å². The number of fused-ring (bicyclic) bond motifs is 2. The van der Waals surface area contributed by atoms with Gasteiger partial charge in [-0.3, -0.25) is 14.4 Å². The van der Waals surface area contributed by atoms with Gasteiger partial charge in [0.2, 0.25) is 11.8 Å². The predicted molar refractivity (Wildman–Crippen MR) is 220 cm³/mol. The zero-order chi connectivity index (χ0) is 40.3. The second-order valence-electron chi connectivity index (χ2n) is 20.6. The molecular formula is C45H81N5O6. The molecule has 7 aliphatic rings. The average molecular weight is 788 g/mol. The number of aliphatic hydroxyl groups excluding tert-OH is 2. The Kier molecular flexibility index (Phi) is 15.3. The van der Waals surface area contributed by atoms with Crippen molar-refractivity contribution < 1.29 is 29.4 Å². The summed E-state index contributed by atoms with van der Waals surface area (Å²) in [6, 6.07) is -0.280. The summed E-state index contributed by atoms with van der Waals surface area (Å²) in [6.07, 6.45) is 14.3. The zero-order valence-corrected chi connectivity index (χ0v) is 36.5. The van der Waals surface area contributed by atoms with Crippen LogP contribution in [0.15, 0.2) is 0 Å². The first-order valence-corrected chi connectivity index (χ1v) is 22.9. The number of ether oxygens (including phenoxy) is 1. The normalized spacial score (nSPS) is 39.7. The van der Waals surface area contributed by atoms with Gasteiger partial charge in [-0.05, 0) is 127 Å². The molecule has 2 amide bonds. The number of hydrogen-bond acceptors (Lipinski definition) is 9. The first kappa shape index (κ1) is 44.2. The zero-order valence-electron chi connectivity index (χ0n) is 36.5. The molecule has 7 rings (SSSR count). The van der Waals surface area contributed by atoms with Gasteiger partial charge in [-0.1, -0.05) is 59.3 Å². The molecule has 0 spiro atoms. The number of rotatable bonds is 16. The summed E-state index contributed by atoms with van der Waals surface area (Å²) in [7, 11) is 8.46. The van der Waals surface area contributed by atoms with E-state index in [2.05, 4.69) is 69.4 Å². The van der Waals surface area contributed by atoms with Crippen molar-refractivity contribution in [1.82, 2.24) is 25.5 Å². The topological polar surface area (TPSA) is 127 Å². The molecule has 0 aromatic heterocycles. The summed E-state index contributed by atoms with van der Waals surface area (Å²) < 4.78 is 6.96. The average Bonchev–Trinajstić information content (AvgIpc) is 3.54. The van der Waals surface area contributed by atoms with E-state index in [1.165, 1.54) is 38.5 Å². The van der Waals surface area contributed by atoms with Gasteiger partial charge in [-0.15, -0.1) is 0 Å². The van der Waals surface area contributed by atoms with Crippen molar-refractivity contribution in [3.8, 4) is 0 Å². The fourth-order valence-corrected chi connectivity index (χ4v) is 12.7. The summed E-state index contributed by atoms with van der Waals surface area (Å²) in [5.41, 5.74) is 0.315. The molecular weight excluding hydrogens is 707 g/mol. The molecule has 6 aliphatic carbocycles. The van der Waals surface area contributed by atoms with Crippen molar-refractivity contribution in [3.05, 3.63) is 0 Å². The van der Waals surface area contributed by atoms with Crippen molar-refractivity contribution in [2.45, 2.75) is 154 Å². The van der Waals surface area contributed by atoms with Crippen LogP contribution >= 0.6 is 0 Å². The summed E-state index contributed by atoms with van der Waals surface area (Å²) in [6.45, 7) is 11.2. The van der Waals surface area contributed by atoms with E-state index in [1.54, 1.807) is 6.92 Å². The molecule has 1 saturated heterocycles. The first-order valence-electron chi connectivity index (χ1n) is 22.9. The Morgan fingerprint density at radius 1 is 0.964 bits per heavy atom. The van der Waals surface area contributed by atoms with Crippen molar-refractivity contribution in [3.63, 3.8) is 0 Å². The number of aliphatic hydroxyl groups is 2. The van der Waals surface area contributed by atoms with Gasteiger partial charge in [0.05, 0.1) is 25.4 Å². The van der Waals surface area contributed by atoms with Gasteiger partial charge in [0, 0.05) is 49.5 Å². The maximum absolute atomic E-state index is 14.5. The fraction of sp³-hybridized carbons (Fsp3) is 0.956. The van der Waals surface area contributed by atoms with E-state index < -0.39 is 24.2 Å². The van der Waals surface area contributed by atoms with Crippen LogP contribution in [0.2, 0.25) is 0 Å². The minimum absolute atomic E-state index is 0.0128. The van der Waals surface area contributed by atoms with E-state index in [9.17, 15) is 19.8 Å². The maximum atomic E-state index is 14.5. The third-order valence-corrected chi connectivity index (χ3v) is 16.3. The number of nitrogens with zero attached hydrogens (tertiary/aromatic N) is 3. The second kappa shape index (κ2) is 19.4. The van der Waals surface area contributed by atoms with Gasteiger partial charge in [0.25, 0.3) is 0 Å². The Bertz CT molecular complexity index is 1280. The predicted octanol–water partition coefficient (Wildman–Crippen LogP) is 4.94. The molecule has 2 bridgehead atoms. The summed E-state index contributed by atoms with van der Waals surface area (Å²) >= 11 is 0. The van der Waals surface area contributed by atoms with Crippen LogP contribution in [0.25, 0.3) is 0 Å². The van der Waals surface area contributed by atoms with Crippen molar-refractivity contribution in [2.75, 3.05) is 61.0 Å². The SMILES string of the molecule is C[C@@H]1[C@@H](NC(=O)[C@@H]2[C@H]([C@H](C)O)[C@H](CO)ON2CC2CCCC(C3CC(C(=O)NCCC4CCCCC4)CC(N(C)C)C3)C2OCCN(C)C)C[C@H]2C[C@@H]1C2(C)C. The lowest BCUT2D eigenvalue weighted by Gasteiger charge is -2.62. The standard InChI is InChI=1S/C45H81N5O6/c1-28-37-24-34(45(37,3)4)25-38(28)47-44(54)41-40(29(2)52)39(27-51)56-50(41)26-31-15-12-16-36(42(31)55-20-19-48(5)6)32-21-33(23-35(22-32)49(7)8)43(53)46-18-17-30-13-10-9-11-14-30/h28-42,51-52H,9-27H2,1-8H3,(H,46,53)(H,47,54)/t28-,29-,31?,32?,33?,34+,35?,36?,37-,38-,39-,40+,41-,42?/m0/s1. The third-order valence-electron chi connectivity index (χ3n) is 16.3. The lowest BCUT2D eigenvalue weighted by molar-refractivity contribution is -0.195. The first-order chi connectivity index (χ1) is 26.7. The smallest absolute Gasteiger partial charge is 0.240 e. The quantitative estimate of drug-likeness (QED) is 0.172. The highest BCUT2D eigenvalue weighted by molar-refractivity contribution is 5.83. The largest absolute Gasteiger partial charge is 0.394 e. The molecule has 6 unspecified atom stereocenters. The fourth-order valence-electron chi connectivity index (χ4n) is 12.7. The summed E-state index contributed by atoms with van der Waals surface area (Å²) in [5.74, 6) is 2.63. The Morgan fingerprint density at radius 3 is 2.36 bits per heavy atom. The molecule has 1 aliphatic heterocycles. The van der Waals surface area contributed by atoms with Crippen molar-refractivity contribution >= 4 is 11.8 Å². The lowest BCUT2D eigenvalue weighted by atomic mass is 9.45. The number of amides is 2. The minimum atomic E-state index is -0.828. The molecule has 6 saturated carbocycles. The van der Waals surface area contributed by atoms with Gasteiger partial charge >= 0.3 is 0 Å². The van der Waals surface area contributed by atoms with Crippen LogP contribution in [-0.2, 0) is 19.2 Å². The highest BCUT2D eigenvalue weighted by Crippen LogP contribution is 2.61. The summed E-state index contributed by atoms with van der Waals surface area (Å²) in [4.78, 5) is 39.3. The molecule has 0 aromatic rings. The molecule has 0 radical (unpaired) electrons. The number of hydroxylamine groups is 2. The van der Waals surface area contributed by atoms with Crippen LogP contribution in [0.1, 0.15) is 118 Å². The lowest BCUT2D eigenvalue weighted by Crippen LogP contribution is -2.62. The maximum Gasteiger partial charge on any atom is 0.240 e. The Hall–Kier alpha value is -1.34. The molecule has 7 fully saturated rings. The van der Waals surface area contributed by atoms with Crippen molar-refractivity contribution in [2.24, 2.45) is 58.7 Å². The monoisotopic (exact) mass is 788 g/mol. The molecule has 4 N–H and O–H groups in total. The van der Waals surface area contributed by atoms with E-state index in [0.717, 1.165) is 70.4 Å². The van der Waals surface area contributed by atoms with Gasteiger partial charge in [0.15, 0.2) is 0 Å². The number of carbonyl (C=O) groups excluding carboxylic acids is 2. The Morgan fingerprint density at radius 2 is 1.71 bits per heavy atom. The molecule has 322 valence electrons. The van der Waals surface area contributed by atoms with Gasteiger partial charge in [-0.25, -0.2) is 0 Å². The second-order valence-corrected chi connectivity index (χ2v) is 20.6. The molecule has 14 atom stereocenters. The van der Waals surface area contributed by atoms with E-state index in [4.69, 9.17) is 9.57 Å². The highest BCUT2D eigenvalue weighted by atomic mass is 16.7. The van der Waals surface area contributed by atoms with Crippen LogP contribution in [-0.4, -0.2) is 134 Å². The summed E-state index contributed by atoms with van der Waals surface area (Å²) in [5, 5.41) is 30.3. The van der Waals surface area contributed by atoms with E-state index in [0.29, 0.717) is 48.3 Å². The molecule has 56 heavy (non-hydrogen) atoms. The van der Waals surface area contributed by atoms with E-state index in [-0.39, 0.29) is 48.3 Å². The molecule has 11 heteroatoms. The Balaban J connectivity index is 1.18. The number of likely N-dealkylation sites (N-methyl/N-ethyl adjacent to an activating group) is 1. The van der Waals surface area contributed by atoms with E-state index >= 15 is 0 Å². The van der Waals surface area contributed by atoms with Crippen molar-refractivity contribution in [1.29, 1.82) is 0 Å². The van der Waals surface area contributed by atoms with Crippen LogP contribution in [0.5, 0.6) is 0 Å². The van der Waals surface area contributed by atoms with Crippen LogP contribution in [0.4, 0.5) is 0 Å². The highest BCUT2D eigenvalue weighted by Gasteiger charge is 2.58. The van der Waals surface area contributed by atoms with Gasteiger partial charge in [-0.2, -0.15) is 5.06 Å². The number of nitrogens with one attached hydrogen (secondary N) is 2. The molecule has 1 heterocycles. The van der Waals surface area contributed by atoms with Crippen LogP contribution in [0.3, 0.4) is 0 Å². The van der Waals surface area contributed by atoms with E-state index in [1.807, 2.05) is 5.06 Å². The van der Waals surface area contributed by atoms with Crippen LogP contribution < -0.4 is 10.6 Å². The van der Waals surface area contributed by atoms with Gasteiger partial charge < -0.3 is 35.4 Å². The molecule has 11 nitrogen and oxygen atoms in total.